The van der Waals surface area contributed by atoms with Crippen molar-refractivity contribution in [2.45, 2.75) is 155 Å². The van der Waals surface area contributed by atoms with Gasteiger partial charge in [-0.3, -0.25) is 0 Å². The van der Waals surface area contributed by atoms with Crippen LogP contribution in [0.4, 0.5) is 0 Å². The Labute approximate surface area is 230 Å². The van der Waals surface area contributed by atoms with Gasteiger partial charge in [0, 0.05) is 12.8 Å². The van der Waals surface area contributed by atoms with Crippen molar-refractivity contribution in [3.05, 3.63) is 70.5 Å². The number of ether oxygens (including phenoxy) is 1. The van der Waals surface area contributed by atoms with Crippen molar-refractivity contribution in [3.8, 4) is 0 Å². The van der Waals surface area contributed by atoms with Gasteiger partial charge in [-0.15, -0.1) is 0 Å². The van der Waals surface area contributed by atoms with Crippen LogP contribution in [0.3, 0.4) is 0 Å². The average Bonchev–Trinajstić information content (AvgIpc) is 2.90. The molecule has 0 saturated heterocycles. The molecule has 0 unspecified atom stereocenters. The van der Waals surface area contributed by atoms with Crippen LogP contribution in [0.1, 0.15) is 155 Å². The van der Waals surface area contributed by atoms with E-state index >= 15 is 0 Å². The molecule has 0 aromatic rings. The first-order chi connectivity index (χ1) is 18.3. The molecule has 0 fully saturated rings. The highest BCUT2D eigenvalue weighted by Crippen LogP contribution is 2.19. The first-order valence-electron chi connectivity index (χ1n) is 15.2. The number of allylic oxidation sites excluding steroid dienone is 2. The highest BCUT2D eigenvalue weighted by Gasteiger charge is 2.05. The second-order valence-corrected chi connectivity index (χ2v) is 9.92. The van der Waals surface area contributed by atoms with Gasteiger partial charge in [0.25, 0.3) is 0 Å². The Morgan fingerprint density at radius 2 is 0.730 bits per heavy atom. The number of rotatable bonds is 24. The summed E-state index contributed by atoms with van der Waals surface area (Å²) in [5.41, 5.74) is 22.6. The lowest BCUT2D eigenvalue weighted by Crippen LogP contribution is -1.94. The molecule has 0 spiro atoms. The first-order valence-corrected chi connectivity index (χ1v) is 15.2. The standard InChI is InChI=1S/C36H54O/c1-5-9-13-15-17-19-21-23-25-29-33-35(31-27-11-7-3)37-36(32-28-12-8-4)34-30-26-24-22-20-18-16-14-10-6-2/h3-6,9-10,13-26,29-30,33-34H2,1-2H3. The third-order valence-corrected chi connectivity index (χ3v) is 6.47. The van der Waals surface area contributed by atoms with Crippen LogP contribution in [-0.2, 0) is 4.74 Å². The maximum absolute atomic E-state index is 6.22. The van der Waals surface area contributed by atoms with Crippen LogP contribution >= 0.6 is 0 Å². The Bertz CT molecular complexity index is 795. The second-order valence-electron chi connectivity index (χ2n) is 9.92. The number of hydrogen-bond donors (Lipinski definition) is 0. The van der Waals surface area contributed by atoms with Crippen molar-refractivity contribution >= 4 is 0 Å². The Morgan fingerprint density at radius 3 is 1.03 bits per heavy atom. The van der Waals surface area contributed by atoms with Gasteiger partial charge in [0.2, 0.25) is 0 Å². The molecular formula is C36H54O. The van der Waals surface area contributed by atoms with E-state index in [1.165, 1.54) is 116 Å². The molecule has 0 rings (SSSR count). The lowest BCUT2D eigenvalue weighted by Gasteiger charge is -2.10. The smallest absolute Gasteiger partial charge is 0.155 e. The summed E-state index contributed by atoms with van der Waals surface area (Å²) in [4.78, 5) is 0. The van der Waals surface area contributed by atoms with E-state index in [1.807, 2.05) is 0 Å². The molecule has 0 aliphatic heterocycles. The molecule has 204 valence electrons. The molecule has 0 amide bonds. The van der Waals surface area contributed by atoms with Crippen LogP contribution in [0.2, 0.25) is 0 Å². The average molecular weight is 503 g/mol. The minimum Gasteiger partial charge on any atom is -0.448 e. The van der Waals surface area contributed by atoms with Gasteiger partial charge in [-0.2, -0.15) is 0 Å². The summed E-state index contributed by atoms with van der Waals surface area (Å²) in [7, 11) is 0. The van der Waals surface area contributed by atoms with E-state index in [0.29, 0.717) is 0 Å². The number of unbranched alkanes of at least 4 members (excludes halogenated alkanes) is 18. The summed E-state index contributed by atoms with van der Waals surface area (Å²) in [5, 5.41) is 0. The molecule has 0 heterocycles. The van der Waals surface area contributed by atoms with Crippen LogP contribution < -0.4 is 0 Å². The fourth-order valence-corrected chi connectivity index (χ4v) is 4.26. The molecule has 37 heavy (non-hydrogen) atoms. The zero-order chi connectivity index (χ0) is 27.1. The van der Waals surface area contributed by atoms with Gasteiger partial charge in [0.05, 0.1) is 0 Å². The zero-order valence-electron chi connectivity index (χ0n) is 24.4. The van der Waals surface area contributed by atoms with Gasteiger partial charge in [-0.1, -0.05) is 141 Å². The largest absolute Gasteiger partial charge is 0.448 e. The van der Waals surface area contributed by atoms with E-state index in [4.69, 9.17) is 4.74 Å². The molecule has 0 bridgehead atoms. The predicted octanol–water partition coefficient (Wildman–Crippen LogP) is 11.9. The van der Waals surface area contributed by atoms with Gasteiger partial charge in [-0.05, 0) is 60.4 Å². The van der Waals surface area contributed by atoms with Crippen molar-refractivity contribution in [1.29, 1.82) is 0 Å². The van der Waals surface area contributed by atoms with E-state index in [0.717, 1.165) is 37.2 Å². The van der Waals surface area contributed by atoms with E-state index in [-0.39, 0.29) is 0 Å². The zero-order valence-corrected chi connectivity index (χ0v) is 24.4. The SMILES string of the molecule is C=C=C=C=C=C(CCCCCCCCCCCC)OC(=C=C=C=C=C)CCCCCCCCCCCC. The number of hydrogen-bond acceptors (Lipinski definition) is 1. The minimum atomic E-state index is 0.765. The molecule has 0 aliphatic carbocycles. The summed E-state index contributed by atoms with van der Waals surface area (Å²) < 4.78 is 6.22. The van der Waals surface area contributed by atoms with E-state index in [1.54, 1.807) is 0 Å². The molecule has 0 saturated carbocycles. The van der Waals surface area contributed by atoms with Crippen LogP contribution in [-0.4, -0.2) is 0 Å². The van der Waals surface area contributed by atoms with Crippen LogP contribution in [0, 0.1) is 0 Å². The summed E-state index contributed by atoms with van der Waals surface area (Å²) in [6.07, 6.45) is 27.8. The van der Waals surface area contributed by atoms with E-state index < -0.39 is 0 Å². The van der Waals surface area contributed by atoms with Gasteiger partial charge in [-0.25, -0.2) is 0 Å². The third-order valence-electron chi connectivity index (χ3n) is 6.47. The summed E-state index contributed by atoms with van der Waals surface area (Å²) in [6.45, 7) is 11.6. The first kappa shape index (κ1) is 34.5. The Balaban J connectivity index is 4.64. The monoisotopic (exact) mass is 502 g/mol. The highest BCUT2D eigenvalue weighted by molar-refractivity contribution is 5.02. The minimum absolute atomic E-state index is 0.765. The van der Waals surface area contributed by atoms with Crippen molar-refractivity contribution in [1.82, 2.24) is 0 Å². The maximum atomic E-state index is 6.22. The van der Waals surface area contributed by atoms with Gasteiger partial charge in [0.1, 0.15) is 0 Å². The summed E-state index contributed by atoms with van der Waals surface area (Å²) in [5.74, 6) is 1.53. The molecule has 0 N–H and O–H groups in total. The van der Waals surface area contributed by atoms with Gasteiger partial charge >= 0.3 is 0 Å². The topological polar surface area (TPSA) is 9.23 Å². The van der Waals surface area contributed by atoms with Crippen molar-refractivity contribution in [2.24, 2.45) is 0 Å². The van der Waals surface area contributed by atoms with Gasteiger partial charge in [0.15, 0.2) is 11.5 Å². The Hall–Kier alpha value is -2.48. The fourth-order valence-electron chi connectivity index (χ4n) is 4.26. The predicted molar refractivity (Wildman–Crippen MR) is 160 cm³/mol. The molecule has 0 radical (unpaired) electrons. The Morgan fingerprint density at radius 1 is 0.432 bits per heavy atom. The molecule has 0 atom stereocenters. The van der Waals surface area contributed by atoms with Crippen LogP contribution in [0.25, 0.3) is 0 Å². The van der Waals surface area contributed by atoms with Crippen LogP contribution in [0.5, 0.6) is 0 Å². The molecule has 0 aromatic heterocycles. The van der Waals surface area contributed by atoms with Crippen LogP contribution in [0.15, 0.2) is 70.5 Å². The fraction of sp³-hybridized carbons (Fsp3) is 0.667. The van der Waals surface area contributed by atoms with Crippen molar-refractivity contribution < 1.29 is 4.74 Å². The lowest BCUT2D eigenvalue weighted by atomic mass is 10.1. The molecule has 0 aliphatic rings. The highest BCUT2D eigenvalue weighted by atomic mass is 16.5. The summed E-state index contributed by atoms with van der Waals surface area (Å²) in [6, 6.07) is 0. The third kappa shape index (κ3) is 26.4. The summed E-state index contributed by atoms with van der Waals surface area (Å²) >= 11 is 0. The lowest BCUT2D eigenvalue weighted by molar-refractivity contribution is 0.272. The van der Waals surface area contributed by atoms with E-state index in [9.17, 15) is 0 Å². The maximum Gasteiger partial charge on any atom is 0.155 e. The molecule has 1 nitrogen and oxygen atoms in total. The van der Waals surface area contributed by atoms with E-state index in [2.05, 4.69) is 72.9 Å². The molecule has 0 aromatic carbocycles. The van der Waals surface area contributed by atoms with Gasteiger partial charge < -0.3 is 4.74 Å². The Kier molecular flexibility index (Phi) is 27.8. The quantitative estimate of drug-likeness (QED) is 0.0724. The molecule has 1 heteroatoms. The van der Waals surface area contributed by atoms with Crippen molar-refractivity contribution in [2.75, 3.05) is 0 Å². The van der Waals surface area contributed by atoms with Crippen molar-refractivity contribution in [3.63, 3.8) is 0 Å². The molecular weight excluding hydrogens is 448 g/mol. The second kappa shape index (κ2) is 29.7. The normalized spacial score (nSPS) is 9.46.